The molecule has 164 valence electrons. The fraction of sp³-hybridized carbons (Fsp3) is 0.391. The van der Waals surface area contributed by atoms with Crippen LogP contribution in [0.4, 0.5) is 5.13 Å². The Labute approximate surface area is 191 Å². The summed E-state index contributed by atoms with van der Waals surface area (Å²) in [6.45, 7) is 6.76. The number of carbonyl (C=O) groups excluding carboxylic acids is 1. The summed E-state index contributed by atoms with van der Waals surface area (Å²) in [6, 6.07) is 13.7. The fourth-order valence-electron chi connectivity index (χ4n) is 3.50. The third-order valence-electron chi connectivity index (χ3n) is 5.22. The van der Waals surface area contributed by atoms with Crippen molar-refractivity contribution < 1.29 is 14.3 Å². The fourth-order valence-corrected chi connectivity index (χ4v) is 5.14. The number of amides is 1. The summed E-state index contributed by atoms with van der Waals surface area (Å²) in [5.41, 5.74) is 1.53. The molecule has 1 aliphatic rings. The molecule has 0 bridgehead atoms. The molecule has 0 saturated carbocycles. The number of aromatic nitrogens is 1. The van der Waals surface area contributed by atoms with Gasteiger partial charge < -0.3 is 9.47 Å². The molecule has 1 aliphatic heterocycles. The molecule has 0 spiro atoms. The first kappa shape index (κ1) is 22.1. The largest absolute Gasteiger partial charge is 0.497 e. The number of methoxy groups -OCH3 is 1. The number of hydrogen-bond acceptors (Lipinski definition) is 7. The SMILES string of the molecule is CCSc1ccc(C(=O)N(CCN2CCOCC2)c2nc3cc(OC)ccc3s2)cc1. The maximum absolute atomic E-state index is 13.5. The van der Waals surface area contributed by atoms with Crippen LogP contribution in [0.5, 0.6) is 5.75 Å². The number of nitrogens with zero attached hydrogens (tertiary/aromatic N) is 3. The van der Waals surface area contributed by atoms with Crippen molar-refractivity contribution in [2.24, 2.45) is 0 Å². The zero-order valence-corrected chi connectivity index (χ0v) is 19.5. The highest BCUT2D eigenvalue weighted by Gasteiger charge is 2.23. The van der Waals surface area contributed by atoms with Crippen molar-refractivity contribution in [1.29, 1.82) is 0 Å². The van der Waals surface area contributed by atoms with Gasteiger partial charge in [-0.2, -0.15) is 0 Å². The molecule has 0 N–H and O–H groups in total. The lowest BCUT2D eigenvalue weighted by Gasteiger charge is -2.29. The highest BCUT2D eigenvalue weighted by atomic mass is 32.2. The van der Waals surface area contributed by atoms with E-state index >= 15 is 0 Å². The Morgan fingerprint density at radius 3 is 2.71 bits per heavy atom. The van der Waals surface area contributed by atoms with Crippen LogP contribution < -0.4 is 9.64 Å². The first-order chi connectivity index (χ1) is 15.2. The molecule has 0 atom stereocenters. The summed E-state index contributed by atoms with van der Waals surface area (Å²) in [5.74, 6) is 1.75. The van der Waals surface area contributed by atoms with E-state index in [-0.39, 0.29) is 5.91 Å². The van der Waals surface area contributed by atoms with E-state index in [1.54, 1.807) is 18.9 Å². The van der Waals surface area contributed by atoms with Gasteiger partial charge in [-0.25, -0.2) is 4.98 Å². The van der Waals surface area contributed by atoms with E-state index in [9.17, 15) is 4.79 Å². The molecular formula is C23H27N3O3S2. The number of rotatable bonds is 8. The van der Waals surface area contributed by atoms with Crippen LogP contribution in [0.1, 0.15) is 17.3 Å². The third-order valence-corrected chi connectivity index (χ3v) is 7.17. The molecule has 1 saturated heterocycles. The molecule has 1 aromatic heterocycles. The Morgan fingerprint density at radius 1 is 1.23 bits per heavy atom. The predicted molar refractivity (Wildman–Crippen MR) is 128 cm³/mol. The molecule has 31 heavy (non-hydrogen) atoms. The van der Waals surface area contributed by atoms with Crippen LogP contribution in [-0.4, -0.2) is 68.0 Å². The summed E-state index contributed by atoms with van der Waals surface area (Å²) in [6.07, 6.45) is 0. The lowest BCUT2D eigenvalue weighted by Crippen LogP contribution is -2.43. The molecule has 6 nitrogen and oxygen atoms in total. The second-order valence-corrected chi connectivity index (χ2v) is 9.54. The first-order valence-electron chi connectivity index (χ1n) is 10.5. The number of hydrogen-bond donors (Lipinski definition) is 0. The number of fused-ring (bicyclic) bond motifs is 1. The number of carbonyl (C=O) groups is 1. The van der Waals surface area contributed by atoms with Gasteiger partial charge in [0.05, 0.1) is 30.5 Å². The quantitative estimate of drug-likeness (QED) is 0.468. The minimum Gasteiger partial charge on any atom is -0.497 e. The van der Waals surface area contributed by atoms with Gasteiger partial charge in [0.25, 0.3) is 5.91 Å². The molecule has 8 heteroatoms. The predicted octanol–water partition coefficient (Wildman–Crippen LogP) is 4.40. The van der Waals surface area contributed by atoms with Gasteiger partial charge in [0.15, 0.2) is 5.13 Å². The zero-order valence-electron chi connectivity index (χ0n) is 17.9. The molecule has 0 radical (unpaired) electrons. The molecule has 0 unspecified atom stereocenters. The van der Waals surface area contributed by atoms with Crippen LogP contribution >= 0.6 is 23.1 Å². The molecule has 1 fully saturated rings. The van der Waals surface area contributed by atoms with Crippen molar-refractivity contribution in [2.75, 3.05) is 57.2 Å². The van der Waals surface area contributed by atoms with Crippen LogP contribution in [0, 0.1) is 0 Å². The maximum Gasteiger partial charge on any atom is 0.260 e. The van der Waals surface area contributed by atoms with Gasteiger partial charge in [-0.05, 0) is 42.2 Å². The summed E-state index contributed by atoms with van der Waals surface area (Å²) < 4.78 is 11.8. The second kappa shape index (κ2) is 10.5. The first-order valence-corrected chi connectivity index (χ1v) is 12.3. The van der Waals surface area contributed by atoms with Gasteiger partial charge in [-0.3, -0.25) is 14.6 Å². The van der Waals surface area contributed by atoms with Gasteiger partial charge >= 0.3 is 0 Å². The number of ether oxygens (including phenoxy) is 2. The van der Waals surface area contributed by atoms with Crippen molar-refractivity contribution in [3.05, 3.63) is 48.0 Å². The van der Waals surface area contributed by atoms with E-state index in [0.717, 1.165) is 54.6 Å². The maximum atomic E-state index is 13.5. The summed E-state index contributed by atoms with van der Waals surface area (Å²) >= 11 is 3.31. The van der Waals surface area contributed by atoms with E-state index in [4.69, 9.17) is 14.5 Å². The molecule has 2 heterocycles. The third kappa shape index (κ3) is 5.38. The minimum absolute atomic E-state index is 0.0210. The van der Waals surface area contributed by atoms with E-state index < -0.39 is 0 Å². The Balaban J connectivity index is 1.60. The molecule has 1 amide bonds. The summed E-state index contributed by atoms with van der Waals surface area (Å²) in [5, 5.41) is 0.716. The smallest absolute Gasteiger partial charge is 0.260 e. The normalized spacial score (nSPS) is 14.6. The van der Waals surface area contributed by atoms with E-state index in [0.29, 0.717) is 17.2 Å². The van der Waals surface area contributed by atoms with E-state index in [1.807, 2.05) is 47.4 Å². The molecular weight excluding hydrogens is 430 g/mol. The molecule has 2 aromatic carbocycles. The monoisotopic (exact) mass is 457 g/mol. The number of benzene rings is 2. The van der Waals surface area contributed by atoms with Crippen molar-refractivity contribution >= 4 is 44.4 Å². The van der Waals surface area contributed by atoms with Gasteiger partial charge in [0.1, 0.15) is 5.75 Å². The Bertz CT molecular complexity index is 1020. The Morgan fingerprint density at radius 2 is 2.00 bits per heavy atom. The van der Waals surface area contributed by atoms with Gasteiger partial charge in [-0.1, -0.05) is 18.3 Å². The number of morpholine rings is 1. The minimum atomic E-state index is -0.0210. The van der Waals surface area contributed by atoms with Crippen LogP contribution in [0.15, 0.2) is 47.4 Å². The Kier molecular flexibility index (Phi) is 7.45. The summed E-state index contributed by atoms with van der Waals surface area (Å²) in [4.78, 5) is 23.6. The lowest BCUT2D eigenvalue weighted by atomic mass is 10.2. The van der Waals surface area contributed by atoms with Crippen LogP contribution in [-0.2, 0) is 4.74 Å². The van der Waals surface area contributed by atoms with Crippen molar-refractivity contribution in [3.8, 4) is 5.75 Å². The van der Waals surface area contributed by atoms with Crippen LogP contribution in [0.25, 0.3) is 10.2 Å². The average Bonchev–Trinajstić information content (AvgIpc) is 3.23. The number of thioether (sulfide) groups is 1. The van der Waals surface area contributed by atoms with E-state index in [2.05, 4.69) is 11.8 Å². The Hall–Kier alpha value is -2.13. The summed E-state index contributed by atoms with van der Waals surface area (Å²) in [7, 11) is 1.65. The highest BCUT2D eigenvalue weighted by Crippen LogP contribution is 2.32. The van der Waals surface area contributed by atoms with Gasteiger partial charge in [0.2, 0.25) is 0 Å². The number of thiazole rings is 1. The van der Waals surface area contributed by atoms with Crippen LogP contribution in [0.2, 0.25) is 0 Å². The second-order valence-electron chi connectivity index (χ2n) is 7.20. The van der Waals surface area contributed by atoms with Crippen molar-refractivity contribution in [1.82, 2.24) is 9.88 Å². The standard InChI is InChI=1S/C23H27N3O3S2/c1-3-30-19-7-4-17(5-8-19)22(27)26(11-10-25-12-14-29-15-13-25)23-24-20-16-18(28-2)6-9-21(20)31-23/h4-9,16H,3,10-15H2,1-2H3. The number of anilines is 1. The molecule has 0 aliphatic carbocycles. The van der Waals surface area contributed by atoms with Crippen molar-refractivity contribution in [3.63, 3.8) is 0 Å². The molecule has 3 aromatic rings. The van der Waals surface area contributed by atoms with Gasteiger partial charge in [0, 0.05) is 42.7 Å². The van der Waals surface area contributed by atoms with Crippen LogP contribution in [0.3, 0.4) is 0 Å². The lowest BCUT2D eigenvalue weighted by molar-refractivity contribution is 0.0391. The zero-order chi connectivity index (χ0) is 21.6. The average molecular weight is 458 g/mol. The topological polar surface area (TPSA) is 54.9 Å². The van der Waals surface area contributed by atoms with E-state index in [1.165, 1.54) is 16.2 Å². The van der Waals surface area contributed by atoms with Crippen molar-refractivity contribution in [2.45, 2.75) is 11.8 Å². The highest BCUT2D eigenvalue weighted by molar-refractivity contribution is 7.99. The van der Waals surface area contributed by atoms with Gasteiger partial charge in [-0.15, -0.1) is 11.8 Å². The molecule has 4 rings (SSSR count).